The standard InChI is InChI=1S/C18H18N2O4/c1-19-9-10-4-2-3-5-11(10)16-13-8-15(21)18(22)17(20(23)24)12(13)6-7-14(16)19/h2-5,8,14,16,21-22H,6-7,9H2,1H3/t14-,16-/m0/s1. The fraction of sp³-hybridized carbons (Fsp3) is 0.333. The van der Waals surface area contributed by atoms with E-state index in [0.29, 0.717) is 12.0 Å². The van der Waals surface area contributed by atoms with Crippen LogP contribution in [0.4, 0.5) is 5.69 Å². The van der Waals surface area contributed by atoms with E-state index < -0.39 is 16.4 Å². The molecule has 4 rings (SSSR count). The fourth-order valence-electron chi connectivity index (χ4n) is 4.32. The van der Waals surface area contributed by atoms with Crippen molar-refractivity contribution in [3.05, 3.63) is 62.7 Å². The number of nitro benzene ring substituents is 1. The Morgan fingerprint density at radius 1 is 1.25 bits per heavy atom. The maximum Gasteiger partial charge on any atom is 0.318 e. The van der Waals surface area contributed by atoms with Gasteiger partial charge in [0, 0.05) is 24.1 Å². The summed E-state index contributed by atoms with van der Waals surface area (Å²) in [6.07, 6.45) is 1.31. The van der Waals surface area contributed by atoms with Gasteiger partial charge >= 0.3 is 5.69 Å². The molecule has 1 aliphatic heterocycles. The summed E-state index contributed by atoms with van der Waals surface area (Å²) in [5, 5.41) is 31.4. The Balaban J connectivity index is 1.99. The van der Waals surface area contributed by atoms with Crippen LogP contribution >= 0.6 is 0 Å². The summed E-state index contributed by atoms with van der Waals surface area (Å²) in [7, 11) is 2.06. The second-order valence-corrected chi connectivity index (χ2v) is 6.62. The molecule has 24 heavy (non-hydrogen) atoms. The molecule has 2 N–H and O–H groups in total. The predicted molar refractivity (Wildman–Crippen MR) is 88.3 cm³/mol. The van der Waals surface area contributed by atoms with Crippen LogP contribution in [0.2, 0.25) is 0 Å². The van der Waals surface area contributed by atoms with Gasteiger partial charge in [-0.05, 0) is 42.6 Å². The molecule has 6 heteroatoms. The average Bonchev–Trinajstić information content (AvgIpc) is 2.55. The third-order valence-electron chi connectivity index (χ3n) is 5.36. The Kier molecular flexibility index (Phi) is 3.25. The van der Waals surface area contributed by atoms with Crippen LogP contribution in [-0.4, -0.2) is 33.1 Å². The summed E-state index contributed by atoms with van der Waals surface area (Å²) in [4.78, 5) is 13.1. The normalized spacial score (nSPS) is 22.4. The van der Waals surface area contributed by atoms with E-state index in [1.165, 1.54) is 11.6 Å². The number of hydrogen-bond donors (Lipinski definition) is 2. The van der Waals surface area contributed by atoms with Gasteiger partial charge in [0.1, 0.15) is 0 Å². The highest BCUT2D eigenvalue weighted by Gasteiger charge is 2.41. The number of phenols is 2. The van der Waals surface area contributed by atoms with E-state index in [4.69, 9.17) is 0 Å². The smallest absolute Gasteiger partial charge is 0.318 e. The zero-order chi connectivity index (χ0) is 17.0. The number of rotatable bonds is 1. The van der Waals surface area contributed by atoms with Gasteiger partial charge in [-0.25, -0.2) is 0 Å². The Morgan fingerprint density at radius 2 is 2.00 bits per heavy atom. The first kappa shape index (κ1) is 15.0. The second kappa shape index (κ2) is 5.21. The first-order chi connectivity index (χ1) is 11.5. The van der Waals surface area contributed by atoms with E-state index in [9.17, 15) is 20.3 Å². The Bertz CT molecular complexity index is 849. The van der Waals surface area contributed by atoms with E-state index in [1.807, 2.05) is 12.1 Å². The molecule has 0 bridgehead atoms. The maximum absolute atomic E-state index is 11.4. The van der Waals surface area contributed by atoms with Crippen LogP contribution in [0.25, 0.3) is 0 Å². The maximum atomic E-state index is 11.4. The largest absolute Gasteiger partial charge is 0.504 e. The van der Waals surface area contributed by atoms with Gasteiger partial charge in [0.25, 0.3) is 0 Å². The first-order valence-electron chi connectivity index (χ1n) is 7.99. The van der Waals surface area contributed by atoms with Gasteiger partial charge in [0.2, 0.25) is 5.75 Å². The van der Waals surface area contributed by atoms with Crippen molar-refractivity contribution in [2.24, 2.45) is 0 Å². The minimum Gasteiger partial charge on any atom is -0.504 e. The molecule has 2 aliphatic rings. The van der Waals surface area contributed by atoms with E-state index in [1.54, 1.807) is 0 Å². The molecule has 2 atom stereocenters. The van der Waals surface area contributed by atoms with Crippen LogP contribution in [0.1, 0.15) is 34.6 Å². The topological polar surface area (TPSA) is 86.8 Å². The summed E-state index contributed by atoms with van der Waals surface area (Å²) in [5.74, 6) is -1.09. The van der Waals surface area contributed by atoms with Crippen molar-refractivity contribution in [3.63, 3.8) is 0 Å². The number of nitrogens with zero attached hydrogens (tertiary/aromatic N) is 2. The molecule has 0 unspecified atom stereocenters. The van der Waals surface area contributed by atoms with Gasteiger partial charge in [-0.2, -0.15) is 0 Å². The monoisotopic (exact) mass is 326 g/mol. The first-order valence-corrected chi connectivity index (χ1v) is 7.99. The van der Waals surface area contributed by atoms with Gasteiger partial charge in [0.15, 0.2) is 5.75 Å². The molecule has 2 aromatic carbocycles. The number of phenolic OH excluding ortho intramolecular Hbond substituents is 2. The summed E-state index contributed by atoms with van der Waals surface area (Å²) >= 11 is 0. The minimum absolute atomic E-state index is 0.0334. The lowest BCUT2D eigenvalue weighted by atomic mass is 9.71. The minimum atomic E-state index is -0.630. The van der Waals surface area contributed by atoms with Crippen LogP contribution in [0.5, 0.6) is 11.5 Å². The molecule has 0 spiro atoms. The number of aromatic hydroxyl groups is 2. The molecule has 0 saturated heterocycles. The molecule has 0 fully saturated rings. The second-order valence-electron chi connectivity index (χ2n) is 6.62. The van der Waals surface area contributed by atoms with Gasteiger partial charge in [-0.1, -0.05) is 24.3 Å². The van der Waals surface area contributed by atoms with Crippen molar-refractivity contribution in [2.45, 2.75) is 31.3 Å². The Morgan fingerprint density at radius 3 is 2.75 bits per heavy atom. The SMILES string of the molecule is CN1Cc2ccccc2[C@H]2c3cc(O)c(O)c([N+](=O)[O-])c3CC[C@@H]21. The quantitative estimate of drug-likeness (QED) is 0.478. The molecule has 0 aromatic heterocycles. The van der Waals surface area contributed by atoms with Crippen LogP contribution in [0.3, 0.4) is 0 Å². The van der Waals surface area contributed by atoms with Crippen molar-refractivity contribution in [3.8, 4) is 11.5 Å². The highest BCUT2D eigenvalue weighted by atomic mass is 16.6. The van der Waals surface area contributed by atoms with Crippen LogP contribution in [-0.2, 0) is 13.0 Å². The number of nitro groups is 1. The van der Waals surface area contributed by atoms with Crippen molar-refractivity contribution < 1.29 is 15.1 Å². The van der Waals surface area contributed by atoms with Crippen LogP contribution in [0, 0.1) is 10.1 Å². The van der Waals surface area contributed by atoms with Crippen LogP contribution in [0.15, 0.2) is 30.3 Å². The summed E-state index contributed by atoms with van der Waals surface area (Å²) in [5.41, 5.74) is 3.30. The Labute approximate surface area is 139 Å². The lowest BCUT2D eigenvalue weighted by Crippen LogP contribution is -2.43. The van der Waals surface area contributed by atoms with Gasteiger partial charge in [-0.3, -0.25) is 15.0 Å². The molecule has 0 radical (unpaired) electrons. The zero-order valence-electron chi connectivity index (χ0n) is 13.3. The lowest BCUT2D eigenvalue weighted by molar-refractivity contribution is -0.386. The molecule has 2 aromatic rings. The van der Waals surface area contributed by atoms with Crippen molar-refractivity contribution in [2.75, 3.05) is 7.05 Å². The van der Waals surface area contributed by atoms with E-state index >= 15 is 0 Å². The third-order valence-corrected chi connectivity index (χ3v) is 5.36. The van der Waals surface area contributed by atoms with Gasteiger partial charge < -0.3 is 10.2 Å². The number of benzene rings is 2. The molecule has 124 valence electrons. The summed E-state index contributed by atoms with van der Waals surface area (Å²) < 4.78 is 0. The van der Waals surface area contributed by atoms with Crippen molar-refractivity contribution in [1.29, 1.82) is 0 Å². The summed E-state index contributed by atoms with van der Waals surface area (Å²) in [6, 6.07) is 9.84. The van der Waals surface area contributed by atoms with Gasteiger partial charge in [0.05, 0.1) is 4.92 Å². The average molecular weight is 326 g/mol. The highest BCUT2D eigenvalue weighted by Crippen LogP contribution is 2.50. The van der Waals surface area contributed by atoms with E-state index in [-0.39, 0.29) is 17.6 Å². The summed E-state index contributed by atoms with van der Waals surface area (Å²) in [6.45, 7) is 0.846. The molecule has 0 amide bonds. The van der Waals surface area contributed by atoms with Gasteiger partial charge in [-0.15, -0.1) is 0 Å². The fourth-order valence-corrected chi connectivity index (χ4v) is 4.32. The van der Waals surface area contributed by atoms with E-state index in [0.717, 1.165) is 24.1 Å². The van der Waals surface area contributed by atoms with Crippen molar-refractivity contribution in [1.82, 2.24) is 4.90 Å². The van der Waals surface area contributed by atoms with E-state index in [2.05, 4.69) is 24.1 Å². The molecular weight excluding hydrogens is 308 g/mol. The van der Waals surface area contributed by atoms with Crippen molar-refractivity contribution >= 4 is 5.69 Å². The molecule has 1 aliphatic carbocycles. The predicted octanol–water partition coefficient (Wildman–Crippen LogP) is 2.90. The number of fused-ring (bicyclic) bond motifs is 5. The molecule has 0 saturated carbocycles. The van der Waals surface area contributed by atoms with Crippen LogP contribution < -0.4 is 0 Å². The highest BCUT2D eigenvalue weighted by molar-refractivity contribution is 5.65. The molecule has 6 nitrogen and oxygen atoms in total. The molecule has 1 heterocycles. The number of likely N-dealkylation sites (N-methyl/N-ethyl adjacent to an activating group) is 1. The number of hydrogen-bond acceptors (Lipinski definition) is 5. The zero-order valence-corrected chi connectivity index (χ0v) is 13.3. The molecular formula is C18H18N2O4. The third kappa shape index (κ3) is 1.99. The Hall–Kier alpha value is -2.60. The lowest BCUT2D eigenvalue weighted by Gasteiger charge is -2.44.